The smallest absolute Gasteiger partial charge is 0.257 e. The van der Waals surface area contributed by atoms with Gasteiger partial charge in [-0.1, -0.05) is 30.3 Å². The van der Waals surface area contributed by atoms with E-state index in [-0.39, 0.29) is 12.5 Å². The third kappa shape index (κ3) is 6.14. The summed E-state index contributed by atoms with van der Waals surface area (Å²) >= 11 is 0. The summed E-state index contributed by atoms with van der Waals surface area (Å²) in [5, 5.41) is 11.0. The summed E-state index contributed by atoms with van der Waals surface area (Å²) in [4.78, 5) is 32.7. The summed E-state index contributed by atoms with van der Waals surface area (Å²) in [5.41, 5.74) is 3.74. The standard InChI is InChI=1S/C29H38N4O4/c1-29(2)20-33(19-25(35)18-32-10-9-23-5-3-4-6-24(23)17-32)28(36)26-8-7-22(15-27(26)37-29)16-30-11-13-31(21-34)14-12-30/h3-8,15,21,25,35H,9-14,16-20H2,1-2H3/t25-/m1/s1. The molecule has 8 heteroatoms. The van der Waals surface area contributed by atoms with Crippen LogP contribution >= 0.6 is 0 Å². The van der Waals surface area contributed by atoms with Gasteiger partial charge in [-0.25, -0.2) is 0 Å². The second-order valence-electron chi connectivity index (χ2n) is 11.2. The number of rotatable bonds is 7. The summed E-state index contributed by atoms with van der Waals surface area (Å²) < 4.78 is 6.35. The van der Waals surface area contributed by atoms with Crippen LogP contribution in [-0.2, 0) is 24.3 Å². The van der Waals surface area contributed by atoms with Gasteiger partial charge in [-0.05, 0) is 49.1 Å². The number of amides is 2. The minimum atomic E-state index is -0.643. The maximum Gasteiger partial charge on any atom is 0.257 e. The molecule has 8 nitrogen and oxygen atoms in total. The van der Waals surface area contributed by atoms with Gasteiger partial charge in [0.15, 0.2) is 0 Å². The molecule has 2 amide bonds. The minimum Gasteiger partial charge on any atom is -0.485 e. The van der Waals surface area contributed by atoms with Gasteiger partial charge in [0.05, 0.1) is 18.2 Å². The summed E-state index contributed by atoms with van der Waals surface area (Å²) in [6.07, 6.45) is 1.25. The highest BCUT2D eigenvalue weighted by Gasteiger charge is 2.35. The number of aliphatic hydroxyl groups excluding tert-OH is 1. The largest absolute Gasteiger partial charge is 0.485 e. The number of piperazine rings is 1. The average molecular weight is 507 g/mol. The van der Waals surface area contributed by atoms with Gasteiger partial charge in [-0.15, -0.1) is 0 Å². The van der Waals surface area contributed by atoms with Crippen molar-refractivity contribution >= 4 is 12.3 Å². The number of carbonyl (C=O) groups excluding carboxylic acids is 2. The first-order chi connectivity index (χ1) is 17.8. The van der Waals surface area contributed by atoms with Crippen LogP contribution in [0.1, 0.15) is 40.9 Å². The molecule has 198 valence electrons. The van der Waals surface area contributed by atoms with Crippen molar-refractivity contribution < 1.29 is 19.4 Å². The highest BCUT2D eigenvalue weighted by atomic mass is 16.5. The van der Waals surface area contributed by atoms with E-state index in [4.69, 9.17) is 4.74 Å². The number of ether oxygens (including phenoxy) is 1. The molecule has 5 rings (SSSR count). The van der Waals surface area contributed by atoms with E-state index in [0.717, 1.165) is 64.2 Å². The molecule has 0 aliphatic carbocycles. The second kappa shape index (κ2) is 10.8. The molecule has 2 aromatic rings. The van der Waals surface area contributed by atoms with E-state index < -0.39 is 11.7 Å². The van der Waals surface area contributed by atoms with Crippen molar-refractivity contribution in [2.45, 2.75) is 45.1 Å². The van der Waals surface area contributed by atoms with E-state index in [9.17, 15) is 14.7 Å². The molecule has 1 atom stereocenters. The molecule has 0 aromatic heterocycles. The average Bonchev–Trinajstić information content (AvgIpc) is 2.97. The molecular weight excluding hydrogens is 468 g/mol. The first kappa shape index (κ1) is 25.7. The first-order valence-electron chi connectivity index (χ1n) is 13.3. The molecule has 0 radical (unpaired) electrons. The molecule has 3 heterocycles. The number of hydrogen-bond acceptors (Lipinski definition) is 6. The molecule has 1 N–H and O–H groups in total. The van der Waals surface area contributed by atoms with Crippen LogP contribution in [0.5, 0.6) is 5.75 Å². The first-order valence-corrected chi connectivity index (χ1v) is 13.3. The van der Waals surface area contributed by atoms with Crippen LogP contribution in [-0.4, -0.2) is 101 Å². The van der Waals surface area contributed by atoms with Gasteiger partial charge in [-0.2, -0.15) is 0 Å². The van der Waals surface area contributed by atoms with Crippen LogP contribution in [0.4, 0.5) is 0 Å². The molecule has 3 aliphatic heterocycles. The Morgan fingerprint density at radius 1 is 1.00 bits per heavy atom. The molecular formula is C29H38N4O4. The van der Waals surface area contributed by atoms with Crippen molar-refractivity contribution in [1.29, 1.82) is 0 Å². The van der Waals surface area contributed by atoms with E-state index in [0.29, 0.717) is 24.4 Å². The lowest BCUT2D eigenvalue weighted by Gasteiger charge is -2.34. The van der Waals surface area contributed by atoms with Gasteiger partial charge in [0.1, 0.15) is 11.4 Å². The van der Waals surface area contributed by atoms with Crippen LogP contribution in [0.25, 0.3) is 0 Å². The predicted octanol–water partition coefficient (Wildman–Crippen LogP) is 1.99. The molecule has 0 bridgehead atoms. The summed E-state index contributed by atoms with van der Waals surface area (Å²) in [5.74, 6) is 0.499. The molecule has 2 aromatic carbocycles. The van der Waals surface area contributed by atoms with E-state index in [2.05, 4.69) is 34.1 Å². The number of nitrogens with zero attached hydrogens (tertiary/aromatic N) is 4. The zero-order valence-corrected chi connectivity index (χ0v) is 21.9. The van der Waals surface area contributed by atoms with Crippen molar-refractivity contribution in [2.75, 3.05) is 52.4 Å². The second-order valence-corrected chi connectivity index (χ2v) is 11.2. The highest BCUT2D eigenvalue weighted by Crippen LogP contribution is 2.31. The quantitative estimate of drug-likeness (QED) is 0.579. The van der Waals surface area contributed by atoms with Gasteiger partial charge < -0.3 is 19.6 Å². The third-order valence-electron chi connectivity index (χ3n) is 7.59. The fourth-order valence-corrected chi connectivity index (χ4v) is 5.71. The molecule has 1 fully saturated rings. The van der Waals surface area contributed by atoms with Crippen molar-refractivity contribution in [2.24, 2.45) is 0 Å². The monoisotopic (exact) mass is 506 g/mol. The van der Waals surface area contributed by atoms with Crippen molar-refractivity contribution in [1.82, 2.24) is 19.6 Å². The lowest BCUT2D eigenvalue weighted by atomic mass is 9.99. The Balaban J connectivity index is 1.24. The van der Waals surface area contributed by atoms with Gasteiger partial charge in [0, 0.05) is 58.9 Å². The van der Waals surface area contributed by atoms with Gasteiger partial charge in [-0.3, -0.25) is 19.4 Å². The summed E-state index contributed by atoms with van der Waals surface area (Å²) in [6.45, 7) is 10.8. The lowest BCUT2D eigenvalue weighted by Crippen LogP contribution is -2.48. The Bertz CT molecular complexity index is 1130. The highest BCUT2D eigenvalue weighted by molar-refractivity contribution is 5.97. The summed E-state index contributed by atoms with van der Waals surface area (Å²) in [6, 6.07) is 14.3. The van der Waals surface area contributed by atoms with Crippen LogP contribution in [0, 0.1) is 0 Å². The van der Waals surface area contributed by atoms with E-state index in [1.54, 1.807) is 9.80 Å². The van der Waals surface area contributed by atoms with Crippen molar-refractivity contribution in [3.8, 4) is 5.75 Å². The molecule has 0 spiro atoms. The van der Waals surface area contributed by atoms with Gasteiger partial charge in [0.25, 0.3) is 5.91 Å². The Morgan fingerprint density at radius 3 is 2.51 bits per heavy atom. The lowest BCUT2D eigenvalue weighted by molar-refractivity contribution is -0.119. The zero-order chi connectivity index (χ0) is 26.0. The van der Waals surface area contributed by atoms with Crippen LogP contribution in [0.3, 0.4) is 0 Å². The molecule has 0 saturated carbocycles. The van der Waals surface area contributed by atoms with E-state index in [1.165, 1.54) is 11.1 Å². The van der Waals surface area contributed by atoms with Crippen LogP contribution in [0.15, 0.2) is 42.5 Å². The van der Waals surface area contributed by atoms with Crippen LogP contribution < -0.4 is 4.74 Å². The number of carbonyl (C=O) groups is 2. The maximum atomic E-state index is 13.6. The maximum absolute atomic E-state index is 13.6. The van der Waals surface area contributed by atoms with Crippen LogP contribution in [0.2, 0.25) is 0 Å². The number of fused-ring (bicyclic) bond motifs is 2. The molecule has 37 heavy (non-hydrogen) atoms. The fraction of sp³-hybridized carbons (Fsp3) is 0.517. The number of β-amino-alcohol motifs (C(OH)–C–C–N with tert-alkyl or cyclic N) is 1. The number of aliphatic hydroxyl groups is 1. The molecule has 0 unspecified atom stereocenters. The molecule has 1 saturated heterocycles. The Labute approximate surface area is 219 Å². The zero-order valence-electron chi connectivity index (χ0n) is 21.9. The van der Waals surface area contributed by atoms with E-state index >= 15 is 0 Å². The number of hydrogen-bond donors (Lipinski definition) is 1. The van der Waals surface area contributed by atoms with E-state index in [1.807, 2.05) is 32.0 Å². The van der Waals surface area contributed by atoms with Gasteiger partial charge >= 0.3 is 0 Å². The fourth-order valence-electron chi connectivity index (χ4n) is 5.71. The number of benzene rings is 2. The predicted molar refractivity (Wildman–Crippen MR) is 141 cm³/mol. The Hall–Kier alpha value is -2.94. The SMILES string of the molecule is CC1(C)CN(C[C@H](O)CN2CCc3ccccc3C2)C(=O)c2ccc(CN3CCN(C=O)CC3)cc2O1. The topological polar surface area (TPSA) is 76.6 Å². The minimum absolute atomic E-state index is 0.102. The Kier molecular flexibility index (Phi) is 7.51. The van der Waals surface area contributed by atoms with Crippen molar-refractivity contribution in [3.05, 3.63) is 64.7 Å². The van der Waals surface area contributed by atoms with Gasteiger partial charge in [0.2, 0.25) is 6.41 Å². The summed E-state index contributed by atoms with van der Waals surface area (Å²) in [7, 11) is 0. The van der Waals surface area contributed by atoms with Crippen molar-refractivity contribution in [3.63, 3.8) is 0 Å². The Morgan fingerprint density at radius 2 is 1.76 bits per heavy atom. The third-order valence-corrected chi connectivity index (χ3v) is 7.59. The molecule has 3 aliphatic rings. The normalized spacial score (nSPS) is 21.0.